The largest absolute Gasteiger partial charge is 0.465 e. The summed E-state index contributed by atoms with van der Waals surface area (Å²) >= 11 is 0. The van der Waals surface area contributed by atoms with Crippen LogP contribution in [0, 0.1) is 5.92 Å². The third kappa shape index (κ3) is 3.70. The van der Waals surface area contributed by atoms with E-state index in [0.29, 0.717) is 24.3 Å². The number of likely N-dealkylation sites (tertiary alicyclic amines) is 2. The van der Waals surface area contributed by atoms with E-state index in [9.17, 15) is 4.79 Å². The van der Waals surface area contributed by atoms with Crippen LogP contribution in [0.5, 0.6) is 0 Å². The fourth-order valence-electron chi connectivity index (χ4n) is 4.44. The Morgan fingerprint density at radius 2 is 2.19 bits per heavy atom. The van der Waals surface area contributed by atoms with Crippen LogP contribution in [-0.2, 0) is 24.2 Å². The summed E-state index contributed by atoms with van der Waals surface area (Å²) in [4.78, 5) is 24.3. The summed E-state index contributed by atoms with van der Waals surface area (Å²) in [6.07, 6.45) is 8.09. The molecule has 0 spiro atoms. The first-order valence-electron chi connectivity index (χ1n) is 9.79. The molecular weight excluding hydrogens is 328 g/mol. The van der Waals surface area contributed by atoms with Crippen molar-refractivity contribution in [1.82, 2.24) is 19.8 Å². The van der Waals surface area contributed by atoms with Gasteiger partial charge in [0, 0.05) is 56.8 Å². The molecule has 1 N–H and O–H groups in total. The van der Waals surface area contributed by atoms with Crippen molar-refractivity contribution < 1.29 is 9.21 Å². The highest BCUT2D eigenvalue weighted by Crippen LogP contribution is 2.32. The molecule has 1 amide bonds. The minimum atomic E-state index is 0.317. The van der Waals surface area contributed by atoms with Gasteiger partial charge in [0.25, 0.3) is 0 Å². The Morgan fingerprint density at radius 3 is 2.96 bits per heavy atom. The first kappa shape index (κ1) is 17.3. The predicted molar refractivity (Wildman–Crippen MR) is 98.5 cm³/mol. The Hall–Kier alpha value is -2.08. The SMILES string of the molecule is CCc1ccc(CN2CC[C@@H]3[C@@H](CCC(=O)N3CCc3cnc[nH]3)C2)o1. The monoisotopic (exact) mass is 356 g/mol. The lowest BCUT2D eigenvalue weighted by molar-refractivity contribution is -0.141. The van der Waals surface area contributed by atoms with E-state index >= 15 is 0 Å². The zero-order valence-corrected chi connectivity index (χ0v) is 15.5. The standard InChI is InChI=1S/C20H28N4O2/c1-2-17-4-5-18(26-17)13-23-9-8-19-15(12-23)3-6-20(25)24(19)10-7-16-11-21-14-22-16/h4-5,11,14-15,19H,2-3,6-10,12-13H2,1H3,(H,21,22)/t15-,19+/m0/s1. The van der Waals surface area contributed by atoms with Crippen molar-refractivity contribution in [1.29, 1.82) is 0 Å². The quantitative estimate of drug-likeness (QED) is 0.864. The second-order valence-electron chi connectivity index (χ2n) is 7.53. The summed E-state index contributed by atoms with van der Waals surface area (Å²) in [6.45, 7) is 5.87. The molecule has 0 aliphatic carbocycles. The van der Waals surface area contributed by atoms with E-state index in [1.807, 2.05) is 6.20 Å². The number of carbonyl (C=O) groups is 1. The molecule has 140 valence electrons. The van der Waals surface area contributed by atoms with Crippen LogP contribution in [0.15, 0.2) is 29.1 Å². The van der Waals surface area contributed by atoms with Crippen LogP contribution in [0.3, 0.4) is 0 Å². The number of aryl methyl sites for hydroxylation is 1. The number of aromatic nitrogens is 2. The maximum absolute atomic E-state index is 12.5. The lowest BCUT2D eigenvalue weighted by Gasteiger charge is -2.47. The van der Waals surface area contributed by atoms with Crippen LogP contribution in [-0.4, -0.2) is 51.4 Å². The van der Waals surface area contributed by atoms with Gasteiger partial charge >= 0.3 is 0 Å². The molecule has 2 saturated heterocycles. The summed E-state index contributed by atoms with van der Waals surface area (Å²) in [5, 5.41) is 0. The van der Waals surface area contributed by atoms with Crippen LogP contribution in [0.25, 0.3) is 0 Å². The number of nitrogens with one attached hydrogen (secondary N) is 1. The van der Waals surface area contributed by atoms with Gasteiger partial charge in [-0.15, -0.1) is 0 Å². The predicted octanol–water partition coefficient (Wildman–Crippen LogP) is 2.62. The van der Waals surface area contributed by atoms with Crippen molar-refractivity contribution in [2.45, 2.75) is 51.6 Å². The molecule has 2 aromatic rings. The molecule has 0 saturated carbocycles. The lowest BCUT2D eigenvalue weighted by Crippen LogP contribution is -2.56. The van der Waals surface area contributed by atoms with Gasteiger partial charge in [-0.3, -0.25) is 9.69 Å². The highest BCUT2D eigenvalue weighted by atomic mass is 16.3. The number of rotatable bonds is 6. The molecule has 2 aromatic heterocycles. The van der Waals surface area contributed by atoms with Gasteiger partial charge in [0.05, 0.1) is 12.9 Å². The van der Waals surface area contributed by atoms with E-state index < -0.39 is 0 Å². The van der Waals surface area contributed by atoms with Crippen molar-refractivity contribution in [3.63, 3.8) is 0 Å². The fraction of sp³-hybridized carbons (Fsp3) is 0.600. The third-order valence-electron chi connectivity index (χ3n) is 5.85. The number of hydrogen-bond acceptors (Lipinski definition) is 4. The molecule has 0 radical (unpaired) electrons. The highest BCUT2D eigenvalue weighted by Gasteiger charge is 2.39. The number of fused-ring (bicyclic) bond motifs is 1. The number of H-pyrrole nitrogens is 1. The molecule has 2 aliphatic rings. The summed E-state index contributed by atoms with van der Waals surface area (Å²) in [5.41, 5.74) is 1.10. The van der Waals surface area contributed by atoms with Crippen molar-refractivity contribution in [2.24, 2.45) is 5.92 Å². The van der Waals surface area contributed by atoms with Crippen LogP contribution < -0.4 is 0 Å². The molecule has 4 rings (SSSR count). The van der Waals surface area contributed by atoms with E-state index in [1.54, 1.807) is 6.33 Å². The van der Waals surface area contributed by atoms with Crippen LogP contribution in [0.2, 0.25) is 0 Å². The Kier molecular flexibility index (Phi) is 5.11. The van der Waals surface area contributed by atoms with E-state index in [1.165, 1.54) is 0 Å². The molecule has 0 aromatic carbocycles. The average molecular weight is 356 g/mol. The number of hydrogen-bond donors (Lipinski definition) is 1. The fourth-order valence-corrected chi connectivity index (χ4v) is 4.44. The van der Waals surface area contributed by atoms with E-state index in [-0.39, 0.29) is 0 Å². The van der Waals surface area contributed by atoms with Crippen LogP contribution in [0.1, 0.15) is 43.4 Å². The molecule has 4 heterocycles. The van der Waals surface area contributed by atoms with Crippen LogP contribution >= 0.6 is 0 Å². The maximum Gasteiger partial charge on any atom is 0.222 e. The molecule has 0 bridgehead atoms. The molecule has 6 heteroatoms. The van der Waals surface area contributed by atoms with Gasteiger partial charge in [-0.05, 0) is 30.9 Å². The minimum Gasteiger partial charge on any atom is -0.465 e. The van der Waals surface area contributed by atoms with Gasteiger partial charge < -0.3 is 14.3 Å². The van der Waals surface area contributed by atoms with Gasteiger partial charge in [0.2, 0.25) is 5.91 Å². The first-order chi connectivity index (χ1) is 12.7. The number of aromatic amines is 1. The first-order valence-corrected chi connectivity index (χ1v) is 9.79. The van der Waals surface area contributed by atoms with Crippen molar-refractivity contribution >= 4 is 5.91 Å². The average Bonchev–Trinajstić information content (AvgIpc) is 3.32. The van der Waals surface area contributed by atoms with Gasteiger partial charge in [-0.25, -0.2) is 4.98 Å². The second-order valence-corrected chi connectivity index (χ2v) is 7.53. The highest BCUT2D eigenvalue weighted by molar-refractivity contribution is 5.77. The van der Waals surface area contributed by atoms with Crippen molar-refractivity contribution in [2.75, 3.05) is 19.6 Å². The third-order valence-corrected chi connectivity index (χ3v) is 5.85. The summed E-state index contributed by atoms with van der Waals surface area (Å²) in [6, 6.07) is 4.57. The number of nitrogens with zero attached hydrogens (tertiary/aromatic N) is 3. The van der Waals surface area contributed by atoms with E-state index in [2.05, 4.69) is 38.8 Å². The van der Waals surface area contributed by atoms with Crippen molar-refractivity contribution in [3.05, 3.63) is 41.9 Å². The normalized spacial score (nSPS) is 24.0. The number of carbonyl (C=O) groups excluding carboxylic acids is 1. The van der Waals surface area contributed by atoms with E-state index in [4.69, 9.17) is 4.42 Å². The molecule has 0 unspecified atom stereocenters. The summed E-state index contributed by atoms with van der Waals surface area (Å²) in [5.74, 6) is 3.01. The van der Waals surface area contributed by atoms with Gasteiger partial charge in [-0.2, -0.15) is 0 Å². The number of piperidine rings is 2. The Labute approximate surface area is 154 Å². The van der Waals surface area contributed by atoms with Gasteiger partial charge in [0.1, 0.15) is 11.5 Å². The smallest absolute Gasteiger partial charge is 0.222 e. The topological polar surface area (TPSA) is 65.4 Å². The number of furan rings is 1. The second kappa shape index (κ2) is 7.66. The molecule has 2 aliphatic heterocycles. The molecule has 6 nitrogen and oxygen atoms in total. The van der Waals surface area contributed by atoms with Gasteiger partial charge in [-0.1, -0.05) is 6.92 Å². The zero-order chi connectivity index (χ0) is 17.9. The number of amides is 1. The molecular formula is C20H28N4O2. The molecule has 26 heavy (non-hydrogen) atoms. The molecule has 2 fully saturated rings. The Morgan fingerprint density at radius 1 is 1.31 bits per heavy atom. The maximum atomic E-state index is 12.5. The Balaban J connectivity index is 1.36. The number of imidazole rings is 1. The van der Waals surface area contributed by atoms with Gasteiger partial charge in [0.15, 0.2) is 0 Å². The zero-order valence-electron chi connectivity index (χ0n) is 15.5. The molecule has 2 atom stereocenters. The lowest BCUT2D eigenvalue weighted by atomic mass is 9.83. The van der Waals surface area contributed by atoms with Crippen LogP contribution in [0.4, 0.5) is 0 Å². The van der Waals surface area contributed by atoms with Crippen molar-refractivity contribution in [3.8, 4) is 0 Å². The van der Waals surface area contributed by atoms with E-state index in [0.717, 1.165) is 69.1 Å². The Bertz CT molecular complexity index is 724. The summed E-state index contributed by atoms with van der Waals surface area (Å²) < 4.78 is 5.87. The minimum absolute atomic E-state index is 0.317. The summed E-state index contributed by atoms with van der Waals surface area (Å²) in [7, 11) is 0.